The van der Waals surface area contributed by atoms with E-state index in [2.05, 4.69) is 43.6 Å². The third kappa shape index (κ3) is 7.63. The topological polar surface area (TPSA) is 74.8 Å². The van der Waals surface area contributed by atoms with Crippen LogP contribution in [0.25, 0.3) is 0 Å². The maximum atomic E-state index is 12.2. The summed E-state index contributed by atoms with van der Waals surface area (Å²) in [5.41, 5.74) is 1.83. The largest absolute Gasteiger partial charge is 0.377 e. The van der Waals surface area contributed by atoms with E-state index in [0.717, 1.165) is 44.1 Å². The smallest absolute Gasteiger partial charge is 0.251 e. The molecule has 2 atom stereocenters. The molecular weight excluding hydrogens is 376 g/mol. The molecule has 6 nitrogen and oxygen atoms in total. The molecule has 0 aliphatic carbocycles. The average molecular weight is 417 g/mol. The number of nitrogens with one attached hydrogen (secondary N) is 3. The van der Waals surface area contributed by atoms with Crippen molar-refractivity contribution in [2.24, 2.45) is 16.3 Å². The highest BCUT2D eigenvalue weighted by Gasteiger charge is 2.35. The van der Waals surface area contributed by atoms with E-state index in [9.17, 15) is 4.79 Å². The highest BCUT2D eigenvalue weighted by molar-refractivity contribution is 5.94. The van der Waals surface area contributed by atoms with Crippen molar-refractivity contribution in [2.45, 2.75) is 66.5 Å². The normalized spacial score (nSPS) is 20.0. The number of hydrogen-bond donors (Lipinski definition) is 3. The quantitative estimate of drug-likeness (QED) is 0.446. The summed E-state index contributed by atoms with van der Waals surface area (Å²) in [6, 6.07) is 7.69. The van der Waals surface area contributed by atoms with Crippen LogP contribution in [-0.2, 0) is 11.3 Å². The van der Waals surface area contributed by atoms with Gasteiger partial charge >= 0.3 is 0 Å². The Kier molecular flexibility index (Phi) is 9.63. The lowest BCUT2D eigenvalue weighted by molar-refractivity contribution is -0.0835. The van der Waals surface area contributed by atoms with Gasteiger partial charge in [0.25, 0.3) is 5.91 Å². The molecule has 2 rings (SSSR count). The summed E-state index contributed by atoms with van der Waals surface area (Å²) in [4.78, 5) is 16.9. The number of rotatable bonds is 8. The minimum atomic E-state index is -0.0294. The number of ether oxygens (including phenoxy) is 1. The number of hydrogen-bond acceptors (Lipinski definition) is 3. The Bertz CT molecular complexity index is 697. The minimum absolute atomic E-state index is 0.0294. The molecule has 0 saturated carbocycles. The molecular formula is C24H40N4O2. The van der Waals surface area contributed by atoms with Crippen LogP contribution in [0.15, 0.2) is 29.3 Å². The van der Waals surface area contributed by atoms with Crippen LogP contribution >= 0.6 is 0 Å². The molecule has 2 unspecified atom stereocenters. The fraction of sp³-hybridized carbons (Fsp3) is 0.667. The SMILES string of the molecule is CCCNC(=O)c1cccc(CN=C(NCC)NCC2CCCOC2C(C)(C)C)c1. The lowest BCUT2D eigenvalue weighted by Gasteiger charge is -2.40. The molecule has 168 valence electrons. The van der Waals surface area contributed by atoms with Crippen molar-refractivity contribution in [3.05, 3.63) is 35.4 Å². The molecule has 0 bridgehead atoms. The molecule has 0 aromatic heterocycles. The molecule has 0 spiro atoms. The van der Waals surface area contributed by atoms with E-state index in [1.54, 1.807) is 0 Å². The standard InChI is InChI=1S/C24H40N4O2/c1-6-13-26-22(29)19-11-8-10-18(15-19)16-27-23(25-7-2)28-17-20-12-9-14-30-21(20)24(3,4)5/h8,10-11,15,20-21H,6-7,9,12-14,16-17H2,1-5H3,(H,26,29)(H2,25,27,28). The Morgan fingerprint density at radius 1 is 1.20 bits per heavy atom. The van der Waals surface area contributed by atoms with E-state index in [4.69, 9.17) is 9.73 Å². The number of carbonyl (C=O) groups is 1. The molecule has 3 N–H and O–H groups in total. The van der Waals surface area contributed by atoms with Gasteiger partial charge in [0.05, 0.1) is 12.6 Å². The summed E-state index contributed by atoms with van der Waals surface area (Å²) in [5, 5.41) is 9.76. The van der Waals surface area contributed by atoms with Crippen LogP contribution in [0.4, 0.5) is 0 Å². The van der Waals surface area contributed by atoms with Gasteiger partial charge in [0.2, 0.25) is 0 Å². The number of guanidine groups is 1. The molecule has 30 heavy (non-hydrogen) atoms. The average Bonchev–Trinajstić information content (AvgIpc) is 2.73. The minimum Gasteiger partial charge on any atom is -0.377 e. The Hall–Kier alpha value is -2.08. The van der Waals surface area contributed by atoms with Crippen LogP contribution in [0, 0.1) is 11.3 Å². The summed E-state index contributed by atoms with van der Waals surface area (Å²) in [6.07, 6.45) is 3.46. The van der Waals surface area contributed by atoms with Gasteiger partial charge in [-0.25, -0.2) is 4.99 Å². The predicted octanol–water partition coefficient (Wildman–Crippen LogP) is 3.72. The molecule has 1 aliphatic rings. The highest BCUT2D eigenvalue weighted by atomic mass is 16.5. The van der Waals surface area contributed by atoms with Crippen molar-refractivity contribution in [3.8, 4) is 0 Å². The van der Waals surface area contributed by atoms with E-state index in [1.165, 1.54) is 6.42 Å². The van der Waals surface area contributed by atoms with Crippen LogP contribution in [0.3, 0.4) is 0 Å². The first-order chi connectivity index (χ1) is 14.3. The van der Waals surface area contributed by atoms with Crippen LogP contribution in [0.5, 0.6) is 0 Å². The van der Waals surface area contributed by atoms with Gasteiger partial charge in [-0.2, -0.15) is 0 Å². The first-order valence-electron chi connectivity index (χ1n) is 11.4. The summed E-state index contributed by atoms with van der Waals surface area (Å²) in [7, 11) is 0. The summed E-state index contributed by atoms with van der Waals surface area (Å²) >= 11 is 0. The molecule has 0 radical (unpaired) electrons. The van der Waals surface area contributed by atoms with Gasteiger partial charge in [0, 0.05) is 37.7 Å². The molecule has 1 aromatic rings. The van der Waals surface area contributed by atoms with E-state index < -0.39 is 0 Å². The van der Waals surface area contributed by atoms with E-state index in [-0.39, 0.29) is 17.4 Å². The number of aliphatic imine (C=N–C) groups is 1. The summed E-state index contributed by atoms with van der Waals surface area (Å²) in [5.74, 6) is 1.24. The summed E-state index contributed by atoms with van der Waals surface area (Å²) in [6.45, 7) is 14.6. The molecule has 1 amide bonds. The number of amides is 1. The zero-order chi connectivity index (χ0) is 22.0. The van der Waals surface area contributed by atoms with Crippen LogP contribution in [-0.4, -0.2) is 44.2 Å². The van der Waals surface area contributed by atoms with Crippen molar-refractivity contribution in [2.75, 3.05) is 26.2 Å². The molecule has 1 aromatic carbocycles. The first-order valence-corrected chi connectivity index (χ1v) is 11.4. The Morgan fingerprint density at radius 3 is 2.70 bits per heavy atom. The van der Waals surface area contributed by atoms with Crippen LogP contribution < -0.4 is 16.0 Å². The van der Waals surface area contributed by atoms with Crippen molar-refractivity contribution in [3.63, 3.8) is 0 Å². The van der Waals surface area contributed by atoms with E-state index in [1.807, 2.05) is 31.2 Å². The molecule has 1 saturated heterocycles. The maximum Gasteiger partial charge on any atom is 0.251 e. The van der Waals surface area contributed by atoms with Crippen molar-refractivity contribution in [1.82, 2.24) is 16.0 Å². The zero-order valence-corrected chi connectivity index (χ0v) is 19.4. The maximum absolute atomic E-state index is 12.2. The van der Waals surface area contributed by atoms with Gasteiger partial charge in [0.1, 0.15) is 0 Å². The van der Waals surface area contributed by atoms with Crippen molar-refractivity contribution >= 4 is 11.9 Å². The Balaban J connectivity index is 1.99. The predicted molar refractivity (Wildman–Crippen MR) is 124 cm³/mol. The van der Waals surface area contributed by atoms with Gasteiger partial charge in [0.15, 0.2) is 5.96 Å². The third-order valence-electron chi connectivity index (χ3n) is 5.32. The second kappa shape index (κ2) is 11.9. The fourth-order valence-electron chi connectivity index (χ4n) is 3.90. The lowest BCUT2D eigenvalue weighted by Crippen LogP contribution is -2.47. The second-order valence-electron chi connectivity index (χ2n) is 9.09. The van der Waals surface area contributed by atoms with Crippen LogP contribution in [0.1, 0.15) is 69.8 Å². The fourth-order valence-corrected chi connectivity index (χ4v) is 3.90. The van der Waals surface area contributed by atoms with E-state index >= 15 is 0 Å². The zero-order valence-electron chi connectivity index (χ0n) is 19.4. The number of carbonyl (C=O) groups excluding carboxylic acids is 1. The van der Waals surface area contributed by atoms with Gasteiger partial charge < -0.3 is 20.7 Å². The van der Waals surface area contributed by atoms with Crippen LogP contribution in [0.2, 0.25) is 0 Å². The van der Waals surface area contributed by atoms with E-state index in [0.29, 0.717) is 24.6 Å². The Labute approximate surface area is 182 Å². The number of nitrogens with zero attached hydrogens (tertiary/aromatic N) is 1. The van der Waals surface area contributed by atoms with Gasteiger partial charge in [-0.1, -0.05) is 39.8 Å². The van der Waals surface area contributed by atoms with Gasteiger partial charge in [-0.05, 0) is 49.3 Å². The highest BCUT2D eigenvalue weighted by Crippen LogP contribution is 2.33. The Morgan fingerprint density at radius 2 is 2.00 bits per heavy atom. The molecule has 6 heteroatoms. The molecule has 1 aliphatic heterocycles. The second-order valence-corrected chi connectivity index (χ2v) is 9.09. The van der Waals surface area contributed by atoms with Crippen molar-refractivity contribution in [1.29, 1.82) is 0 Å². The molecule has 1 fully saturated rings. The van der Waals surface area contributed by atoms with Gasteiger partial charge in [-0.15, -0.1) is 0 Å². The lowest BCUT2D eigenvalue weighted by atomic mass is 9.78. The van der Waals surface area contributed by atoms with Crippen molar-refractivity contribution < 1.29 is 9.53 Å². The van der Waals surface area contributed by atoms with Gasteiger partial charge in [-0.3, -0.25) is 4.79 Å². The summed E-state index contributed by atoms with van der Waals surface area (Å²) < 4.78 is 6.10. The monoisotopic (exact) mass is 416 g/mol. The first kappa shape index (κ1) is 24.2. The number of benzene rings is 1. The molecule has 1 heterocycles. The third-order valence-corrected chi connectivity index (χ3v) is 5.32.